The lowest BCUT2D eigenvalue weighted by atomic mass is 10.1. The highest BCUT2D eigenvalue weighted by molar-refractivity contribution is 4.81. The Balaban J connectivity index is 1.57. The van der Waals surface area contributed by atoms with Crippen molar-refractivity contribution in [3.05, 3.63) is 0 Å². The molecule has 0 spiro atoms. The highest BCUT2D eigenvalue weighted by atomic mass is 19.1. The third-order valence-corrected chi connectivity index (χ3v) is 3.38. The van der Waals surface area contributed by atoms with Gasteiger partial charge < -0.3 is 10.2 Å². The van der Waals surface area contributed by atoms with Crippen molar-refractivity contribution < 1.29 is 4.39 Å². The standard InChI is InChI=1S/C11H21FN2/c12-5-8-14-6-3-11(4-7-14)13-9-10-1-2-10/h10-11,13H,1-9H2. The van der Waals surface area contributed by atoms with Gasteiger partial charge in [0.25, 0.3) is 0 Å². The molecule has 0 radical (unpaired) electrons. The predicted molar refractivity (Wildman–Crippen MR) is 56.2 cm³/mol. The molecule has 0 aromatic heterocycles. The Morgan fingerprint density at radius 1 is 1.14 bits per heavy atom. The normalized spacial score (nSPS) is 25.5. The maximum absolute atomic E-state index is 12.1. The van der Waals surface area contributed by atoms with Crippen LogP contribution in [0.25, 0.3) is 0 Å². The van der Waals surface area contributed by atoms with Crippen LogP contribution in [0, 0.1) is 5.92 Å². The molecule has 1 aliphatic carbocycles. The Hall–Kier alpha value is -0.150. The topological polar surface area (TPSA) is 15.3 Å². The lowest BCUT2D eigenvalue weighted by molar-refractivity contribution is 0.184. The molecule has 0 atom stereocenters. The van der Waals surface area contributed by atoms with Gasteiger partial charge in [-0.05, 0) is 51.2 Å². The molecule has 1 aliphatic heterocycles. The van der Waals surface area contributed by atoms with Gasteiger partial charge in [0.2, 0.25) is 0 Å². The molecule has 2 aliphatic rings. The third kappa shape index (κ3) is 3.21. The summed E-state index contributed by atoms with van der Waals surface area (Å²) >= 11 is 0. The van der Waals surface area contributed by atoms with E-state index in [9.17, 15) is 4.39 Å². The molecule has 2 nitrogen and oxygen atoms in total. The smallest absolute Gasteiger partial charge is 0.102 e. The fourth-order valence-corrected chi connectivity index (χ4v) is 2.14. The molecule has 14 heavy (non-hydrogen) atoms. The van der Waals surface area contributed by atoms with E-state index in [1.165, 1.54) is 32.2 Å². The number of hydrogen-bond acceptors (Lipinski definition) is 2. The maximum Gasteiger partial charge on any atom is 0.102 e. The Kier molecular flexibility index (Phi) is 3.76. The van der Waals surface area contributed by atoms with Gasteiger partial charge in [0.05, 0.1) is 0 Å². The number of nitrogens with zero attached hydrogens (tertiary/aromatic N) is 1. The van der Waals surface area contributed by atoms with Crippen LogP contribution in [0.4, 0.5) is 4.39 Å². The number of rotatable bonds is 5. The van der Waals surface area contributed by atoms with Crippen molar-refractivity contribution in [2.24, 2.45) is 5.92 Å². The number of likely N-dealkylation sites (tertiary alicyclic amines) is 1. The predicted octanol–water partition coefficient (Wildman–Crippen LogP) is 1.42. The molecule has 82 valence electrons. The lowest BCUT2D eigenvalue weighted by Crippen LogP contribution is -2.43. The molecule has 0 unspecified atom stereocenters. The van der Waals surface area contributed by atoms with Gasteiger partial charge in [0, 0.05) is 12.6 Å². The summed E-state index contributed by atoms with van der Waals surface area (Å²) in [4.78, 5) is 2.23. The molecule has 0 aromatic carbocycles. The number of hydrogen-bond donors (Lipinski definition) is 1. The van der Waals surface area contributed by atoms with E-state index in [0.29, 0.717) is 12.6 Å². The zero-order chi connectivity index (χ0) is 9.80. The minimum absolute atomic E-state index is 0.194. The summed E-state index contributed by atoms with van der Waals surface area (Å²) in [6.45, 7) is 3.81. The van der Waals surface area contributed by atoms with E-state index >= 15 is 0 Å². The van der Waals surface area contributed by atoms with Crippen molar-refractivity contribution in [3.8, 4) is 0 Å². The van der Waals surface area contributed by atoms with Gasteiger partial charge in [0.15, 0.2) is 0 Å². The van der Waals surface area contributed by atoms with E-state index in [2.05, 4.69) is 10.2 Å². The van der Waals surface area contributed by atoms with Crippen molar-refractivity contribution in [1.29, 1.82) is 0 Å². The number of nitrogens with one attached hydrogen (secondary N) is 1. The van der Waals surface area contributed by atoms with Gasteiger partial charge in [-0.3, -0.25) is 0 Å². The number of halogens is 1. The fraction of sp³-hybridized carbons (Fsp3) is 1.00. The van der Waals surface area contributed by atoms with Crippen LogP contribution in [0.1, 0.15) is 25.7 Å². The molecular weight excluding hydrogens is 179 g/mol. The van der Waals surface area contributed by atoms with Crippen LogP contribution >= 0.6 is 0 Å². The second kappa shape index (κ2) is 5.08. The second-order valence-electron chi connectivity index (χ2n) is 4.66. The summed E-state index contributed by atoms with van der Waals surface area (Å²) < 4.78 is 12.1. The minimum Gasteiger partial charge on any atom is -0.314 e. The Morgan fingerprint density at radius 2 is 1.86 bits per heavy atom. The van der Waals surface area contributed by atoms with Gasteiger partial charge in [-0.15, -0.1) is 0 Å². The molecule has 1 N–H and O–H groups in total. The van der Waals surface area contributed by atoms with Crippen LogP contribution in [0.3, 0.4) is 0 Å². The molecule has 1 saturated carbocycles. The van der Waals surface area contributed by atoms with Crippen molar-refractivity contribution in [3.63, 3.8) is 0 Å². The largest absolute Gasteiger partial charge is 0.314 e. The Labute approximate surface area is 85.9 Å². The van der Waals surface area contributed by atoms with Crippen molar-refractivity contribution in [1.82, 2.24) is 10.2 Å². The first-order chi connectivity index (χ1) is 6.88. The molecule has 2 rings (SSSR count). The minimum atomic E-state index is -0.194. The average molecular weight is 200 g/mol. The highest BCUT2D eigenvalue weighted by Crippen LogP contribution is 2.28. The van der Waals surface area contributed by atoms with E-state index in [1.807, 2.05) is 0 Å². The molecule has 3 heteroatoms. The third-order valence-electron chi connectivity index (χ3n) is 3.38. The Bertz CT molecular complexity index is 163. The summed E-state index contributed by atoms with van der Waals surface area (Å²) in [5.41, 5.74) is 0. The van der Waals surface area contributed by atoms with E-state index in [4.69, 9.17) is 0 Å². The molecule has 0 amide bonds. The van der Waals surface area contributed by atoms with Gasteiger partial charge in [-0.1, -0.05) is 0 Å². The average Bonchev–Trinajstić information content (AvgIpc) is 3.01. The Morgan fingerprint density at radius 3 is 2.43 bits per heavy atom. The van der Waals surface area contributed by atoms with Crippen LogP contribution in [0.5, 0.6) is 0 Å². The zero-order valence-corrected chi connectivity index (χ0v) is 8.84. The number of piperidine rings is 1. The summed E-state index contributed by atoms with van der Waals surface area (Å²) in [5, 5.41) is 3.63. The summed E-state index contributed by atoms with van der Waals surface area (Å²) in [6.07, 6.45) is 5.25. The first kappa shape index (κ1) is 10.4. The molecule has 1 saturated heterocycles. The summed E-state index contributed by atoms with van der Waals surface area (Å²) in [6, 6.07) is 0.700. The quantitative estimate of drug-likeness (QED) is 0.722. The first-order valence-electron chi connectivity index (χ1n) is 5.90. The van der Waals surface area contributed by atoms with Crippen molar-refractivity contribution in [2.75, 3.05) is 32.9 Å². The van der Waals surface area contributed by atoms with Gasteiger partial charge in [0.1, 0.15) is 6.67 Å². The van der Waals surface area contributed by atoms with Gasteiger partial charge in [-0.2, -0.15) is 0 Å². The lowest BCUT2D eigenvalue weighted by Gasteiger charge is -2.31. The second-order valence-corrected chi connectivity index (χ2v) is 4.66. The van der Waals surface area contributed by atoms with Crippen molar-refractivity contribution >= 4 is 0 Å². The summed E-state index contributed by atoms with van der Waals surface area (Å²) in [5.74, 6) is 0.971. The fourth-order valence-electron chi connectivity index (χ4n) is 2.14. The molecular formula is C11H21FN2. The SMILES string of the molecule is FCCN1CCC(NCC2CC2)CC1. The van der Waals surface area contributed by atoms with E-state index in [1.54, 1.807) is 0 Å². The van der Waals surface area contributed by atoms with E-state index in [-0.39, 0.29) is 6.67 Å². The van der Waals surface area contributed by atoms with Crippen LogP contribution in [-0.2, 0) is 0 Å². The van der Waals surface area contributed by atoms with E-state index < -0.39 is 0 Å². The van der Waals surface area contributed by atoms with E-state index in [0.717, 1.165) is 19.0 Å². The maximum atomic E-state index is 12.1. The number of alkyl halides is 1. The van der Waals surface area contributed by atoms with Crippen molar-refractivity contribution in [2.45, 2.75) is 31.7 Å². The molecule has 0 bridgehead atoms. The monoisotopic (exact) mass is 200 g/mol. The zero-order valence-electron chi connectivity index (χ0n) is 8.84. The van der Waals surface area contributed by atoms with Crippen LogP contribution in [0.15, 0.2) is 0 Å². The molecule has 0 aromatic rings. The highest BCUT2D eigenvalue weighted by Gasteiger charge is 2.24. The van der Waals surface area contributed by atoms with Crippen LogP contribution in [0.2, 0.25) is 0 Å². The van der Waals surface area contributed by atoms with Crippen LogP contribution in [-0.4, -0.2) is 43.8 Å². The van der Waals surface area contributed by atoms with Gasteiger partial charge in [-0.25, -0.2) is 4.39 Å². The first-order valence-corrected chi connectivity index (χ1v) is 5.90. The molecule has 1 heterocycles. The van der Waals surface area contributed by atoms with Crippen LogP contribution < -0.4 is 5.32 Å². The van der Waals surface area contributed by atoms with Gasteiger partial charge >= 0.3 is 0 Å². The molecule has 2 fully saturated rings. The summed E-state index contributed by atoms with van der Waals surface area (Å²) in [7, 11) is 0.